The molecule has 6 heteroatoms. The predicted octanol–water partition coefficient (Wildman–Crippen LogP) is 1.93. The third-order valence-electron chi connectivity index (χ3n) is 3.33. The van der Waals surface area contributed by atoms with Crippen LogP contribution in [0.1, 0.15) is 37.8 Å². The monoisotopic (exact) mass is 312 g/mol. The molecule has 0 bridgehead atoms. The van der Waals surface area contributed by atoms with Gasteiger partial charge in [-0.05, 0) is 12.0 Å². The maximum atomic E-state index is 12.4. The summed E-state index contributed by atoms with van der Waals surface area (Å²) in [6, 6.07) is 8.12. The summed E-state index contributed by atoms with van der Waals surface area (Å²) >= 11 is 0. The van der Waals surface area contributed by atoms with Crippen molar-refractivity contribution < 1.29 is 13.2 Å². The van der Waals surface area contributed by atoms with Crippen LogP contribution in [-0.4, -0.2) is 38.5 Å². The largest absolute Gasteiger partial charge is 0.354 e. The lowest BCUT2D eigenvalue weighted by molar-refractivity contribution is -0.124. The van der Waals surface area contributed by atoms with Gasteiger partial charge < -0.3 is 5.32 Å². The summed E-state index contributed by atoms with van der Waals surface area (Å²) in [6.45, 7) is 2.65. The topological polar surface area (TPSA) is 66.5 Å². The smallest absolute Gasteiger partial charge is 0.242 e. The van der Waals surface area contributed by atoms with Gasteiger partial charge in [0.15, 0.2) is 0 Å². The van der Waals surface area contributed by atoms with E-state index in [0.717, 1.165) is 29.8 Å². The minimum atomic E-state index is -3.46. The lowest BCUT2D eigenvalue weighted by Gasteiger charge is -2.25. The highest BCUT2D eigenvalue weighted by Gasteiger charge is 2.30. The Labute approximate surface area is 127 Å². The molecule has 0 fully saturated rings. The summed E-state index contributed by atoms with van der Waals surface area (Å²) < 4.78 is 24.7. The molecule has 0 aliphatic heterocycles. The Morgan fingerprint density at radius 1 is 1.24 bits per heavy atom. The number of nitrogens with zero attached hydrogens (tertiary/aromatic N) is 1. The summed E-state index contributed by atoms with van der Waals surface area (Å²) in [6.07, 6.45) is 4.11. The van der Waals surface area contributed by atoms with E-state index in [1.807, 2.05) is 6.07 Å². The Kier molecular flexibility index (Phi) is 6.84. The molecule has 1 N–H and O–H groups in total. The van der Waals surface area contributed by atoms with Crippen LogP contribution < -0.4 is 5.32 Å². The number of hydrogen-bond acceptors (Lipinski definition) is 3. The van der Waals surface area contributed by atoms with Crippen LogP contribution in [0.25, 0.3) is 0 Å². The van der Waals surface area contributed by atoms with Gasteiger partial charge in [-0.1, -0.05) is 50.1 Å². The number of hydrogen-bond donors (Lipinski definition) is 1. The first-order valence-electron chi connectivity index (χ1n) is 7.13. The number of carbonyl (C=O) groups is 1. The number of unbranched alkanes of at least 4 members (excludes halogenated alkanes) is 2. The fourth-order valence-corrected chi connectivity index (χ4v) is 2.64. The van der Waals surface area contributed by atoms with Crippen molar-refractivity contribution in [3.63, 3.8) is 0 Å². The van der Waals surface area contributed by atoms with E-state index in [-0.39, 0.29) is 5.91 Å². The van der Waals surface area contributed by atoms with Crippen molar-refractivity contribution in [2.24, 2.45) is 0 Å². The van der Waals surface area contributed by atoms with Gasteiger partial charge >= 0.3 is 0 Å². The zero-order chi connectivity index (χ0) is 15.9. The van der Waals surface area contributed by atoms with Crippen LogP contribution in [0.3, 0.4) is 0 Å². The number of benzene rings is 1. The van der Waals surface area contributed by atoms with Crippen molar-refractivity contribution in [3.05, 3.63) is 35.9 Å². The van der Waals surface area contributed by atoms with Crippen LogP contribution >= 0.6 is 0 Å². The molecule has 0 aromatic heterocycles. The van der Waals surface area contributed by atoms with Crippen LogP contribution in [0.4, 0.5) is 0 Å². The van der Waals surface area contributed by atoms with Gasteiger partial charge in [-0.3, -0.25) is 4.79 Å². The molecular formula is C15H24N2O3S. The van der Waals surface area contributed by atoms with Crippen molar-refractivity contribution in [1.82, 2.24) is 9.62 Å². The third-order valence-corrected chi connectivity index (χ3v) is 4.59. The molecule has 21 heavy (non-hydrogen) atoms. The average Bonchev–Trinajstić information content (AvgIpc) is 2.44. The molecule has 1 atom stereocenters. The number of nitrogens with one attached hydrogen (secondary N) is 1. The first-order valence-corrected chi connectivity index (χ1v) is 8.98. The fourth-order valence-electron chi connectivity index (χ4n) is 2.04. The first-order chi connectivity index (χ1) is 9.88. The molecule has 0 saturated heterocycles. The molecule has 5 nitrogen and oxygen atoms in total. The van der Waals surface area contributed by atoms with Crippen molar-refractivity contribution in [1.29, 1.82) is 0 Å². The van der Waals surface area contributed by atoms with Crippen LogP contribution in [0.5, 0.6) is 0 Å². The molecule has 1 aromatic carbocycles. The van der Waals surface area contributed by atoms with Gasteiger partial charge in [0, 0.05) is 13.6 Å². The quantitative estimate of drug-likeness (QED) is 0.746. The zero-order valence-electron chi connectivity index (χ0n) is 12.9. The Hall–Kier alpha value is -1.40. The van der Waals surface area contributed by atoms with E-state index in [4.69, 9.17) is 0 Å². The SMILES string of the molecule is CCCCCNC(=O)C(c1ccccc1)N(C)S(C)(=O)=O. The molecule has 0 aliphatic carbocycles. The summed E-state index contributed by atoms with van der Waals surface area (Å²) in [5.41, 5.74) is 0.665. The van der Waals surface area contributed by atoms with E-state index in [1.165, 1.54) is 7.05 Å². The summed E-state index contributed by atoms with van der Waals surface area (Å²) in [5, 5.41) is 2.82. The molecule has 1 unspecified atom stereocenters. The predicted molar refractivity (Wildman–Crippen MR) is 84.3 cm³/mol. The van der Waals surface area contributed by atoms with E-state index in [2.05, 4.69) is 12.2 Å². The molecule has 1 rings (SSSR count). The summed E-state index contributed by atoms with van der Waals surface area (Å²) in [7, 11) is -2.03. The Morgan fingerprint density at radius 3 is 2.38 bits per heavy atom. The fraction of sp³-hybridized carbons (Fsp3) is 0.533. The van der Waals surface area contributed by atoms with Gasteiger partial charge in [0.25, 0.3) is 0 Å². The second kappa shape index (κ2) is 8.14. The third kappa shape index (κ3) is 5.47. The summed E-state index contributed by atoms with van der Waals surface area (Å²) in [5.74, 6) is -0.287. The molecule has 0 aliphatic rings. The Morgan fingerprint density at radius 2 is 1.86 bits per heavy atom. The van der Waals surface area contributed by atoms with Gasteiger partial charge in [0.1, 0.15) is 6.04 Å². The van der Waals surface area contributed by atoms with Crippen molar-refractivity contribution in [2.45, 2.75) is 32.2 Å². The maximum absolute atomic E-state index is 12.4. The second-order valence-electron chi connectivity index (χ2n) is 5.09. The van der Waals surface area contributed by atoms with Gasteiger partial charge in [-0.2, -0.15) is 4.31 Å². The molecule has 0 heterocycles. The number of carbonyl (C=O) groups excluding carboxylic acids is 1. The second-order valence-corrected chi connectivity index (χ2v) is 7.13. The molecular weight excluding hydrogens is 288 g/mol. The Bertz CT molecular complexity index is 543. The van der Waals surface area contributed by atoms with Crippen molar-refractivity contribution in [2.75, 3.05) is 19.8 Å². The Balaban J connectivity index is 2.90. The number of likely N-dealkylation sites (N-methyl/N-ethyl adjacent to an activating group) is 1. The van der Waals surface area contributed by atoms with E-state index < -0.39 is 16.1 Å². The van der Waals surface area contributed by atoms with E-state index >= 15 is 0 Å². The van der Waals surface area contributed by atoms with Crippen LogP contribution in [0.2, 0.25) is 0 Å². The van der Waals surface area contributed by atoms with Crippen molar-refractivity contribution >= 4 is 15.9 Å². The van der Waals surface area contributed by atoms with E-state index in [1.54, 1.807) is 24.3 Å². The highest BCUT2D eigenvalue weighted by atomic mass is 32.2. The molecule has 1 aromatic rings. The minimum Gasteiger partial charge on any atom is -0.354 e. The van der Waals surface area contributed by atoms with Gasteiger partial charge in [0.2, 0.25) is 15.9 Å². The lowest BCUT2D eigenvalue weighted by Crippen LogP contribution is -2.41. The highest BCUT2D eigenvalue weighted by molar-refractivity contribution is 7.88. The summed E-state index contributed by atoms with van der Waals surface area (Å²) in [4.78, 5) is 12.4. The average molecular weight is 312 g/mol. The number of sulfonamides is 1. The first kappa shape index (κ1) is 17.7. The van der Waals surface area contributed by atoms with Gasteiger partial charge in [-0.15, -0.1) is 0 Å². The zero-order valence-corrected chi connectivity index (χ0v) is 13.7. The van der Waals surface area contributed by atoms with E-state index in [0.29, 0.717) is 12.1 Å². The normalized spacial score (nSPS) is 13.1. The molecule has 0 radical (unpaired) electrons. The van der Waals surface area contributed by atoms with Crippen LogP contribution in [0, 0.1) is 0 Å². The number of amides is 1. The van der Waals surface area contributed by atoms with Gasteiger partial charge in [-0.25, -0.2) is 8.42 Å². The minimum absolute atomic E-state index is 0.287. The van der Waals surface area contributed by atoms with Crippen LogP contribution in [-0.2, 0) is 14.8 Å². The van der Waals surface area contributed by atoms with E-state index in [9.17, 15) is 13.2 Å². The molecule has 0 saturated carbocycles. The van der Waals surface area contributed by atoms with Crippen LogP contribution in [0.15, 0.2) is 30.3 Å². The van der Waals surface area contributed by atoms with Crippen molar-refractivity contribution in [3.8, 4) is 0 Å². The molecule has 0 spiro atoms. The maximum Gasteiger partial charge on any atom is 0.242 e. The standard InChI is InChI=1S/C15H24N2O3S/c1-4-5-9-12-16-15(18)14(17(2)21(3,19)20)13-10-7-6-8-11-13/h6-8,10-11,14H,4-5,9,12H2,1-3H3,(H,16,18). The highest BCUT2D eigenvalue weighted by Crippen LogP contribution is 2.21. The lowest BCUT2D eigenvalue weighted by atomic mass is 10.1. The van der Waals surface area contributed by atoms with Gasteiger partial charge in [0.05, 0.1) is 6.26 Å². The molecule has 118 valence electrons. The molecule has 1 amide bonds. The number of rotatable bonds is 8.